The number of esters is 1. The first-order valence-corrected chi connectivity index (χ1v) is 10.3. The fraction of sp³-hybridized carbons (Fsp3) is 0.368. The number of amides is 1. The number of allylic oxidation sites excluding steroid dienone is 1. The first-order chi connectivity index (χ1) is 11.9. The van der Waals surface area contributed by atoms with Crippen molar-refractivity contribution in [3.63, 3.8) is 0 Å². The van der Waals surface area contributed by atoms with E-state index in [2.05, 4.69) is 57.4 Å². The predicted octanol–water partition coefficient (Wildman–Crippen LogP) is 4.63. The van der Waals surface area contributed by atoms with Gasteiger partial charge in [-0.15, -0.1) is 0 Å². The van der Waals surface area contributed by atoms with Crippen LogP contribution in [0, 0.1) is 5.92 Å². The highest BCUT2D eigenvalue weighted by atomic mass is 127. The van der Waals surface area contributed by atoms with Gasteiger partial charge in [-0.2, -0.15) is 0 Å². The Kier molecular flexibility index (Phi) is 7.48. The molecule has 0 fully saturated rings. The van der Waals surface area contributed by atoms with Gasteiger partial charge in [-0.05, 0) is 41.0 Å². The summed E-state index contributed by atoms with van der Waals surface area (Å²) in [6.07, 6.45) is 6.42. The van der Waals surface area contributed by atoms with Crippen LogP contribution in [0.1, 0.15) is 31.7 Å². The van der Waals surface area contributed by atoms with Gasteiger partial charge in [-0.25, -0.2) is 0 Å². The summed E-state index contributed by atoms with van der Waals surface area (Å²) >= 11 is 4.24. The molecule has 1 N–H and O–H groups in total. The van der Waals surface area contributed by atoms with E-state index in [-0.39, 0.29) is 11.9 Å². The van der Waals surface area contributed by atoms with Crippen molar-refractivity contribution in [2.75, 3.05) is 7.11 Å². The Bertz CT molecular complexity index is 700. The number of alkyl halides is 1. The average molecular weight is 565 g/mol. The second kappa shape index (κ2) is 9.16. The summed E-state index contributed by atoms with van der Waals surface area (Å²) in [5.41, 5.74) is 1.81. The Morgan fingerprint density at radius 3 is 2.64 bits per heavy atom. The third kappa shape index (κ3) is 4.64. The van der Waals surface area contributed by atoms with Crippen LogP contribution in [0.5, 0.6) is 0 Å². The molecule has 0 saturated heterocycles. The maximum atomic E-state index is 12.9. The molecule has 0 aromatic heterocycles. The van der Waals surface area contributed by atoms with Crippen molar-refractivity contribution in [3.05, 3.63) is 51.2 Å². The monoisotopic (exact) mass is 565 g/mol. The van der Waals surface area contributed by atoms with Gasteiger partial charge in [0.15, 0.2) is 0 Å². The normalized spacial score (nSPS) is 23.7. The van der Waals surface area contributed by atoms with Crippen molar-refractivity contribution in [1.82, 2.24) is 5.32 Å². The maximum absolute atomic E-state index is 12.9. The van der Waals surface area contributed by atoms with Gasteiger partial charge in [0, 0.05) is 9.28 Å². The van der Waals surface area contributed by atoms with Crippen LogP contribution in [0.2, 0.25) is 0 Å². The van der Waals surface area contributed by atoms with E-state index in [1.54, 1.807) is 6.08 Å². The summed E-state index contributed by atoms with van der Waals surface area (Å²) in [5, 5.41) is 3.00. The molecule has 1 aromatic carbocycles. The van der Waals surface area contributed by atoms with Crippen LogP contribution in [-0.2, 0) is 14.3 Å². The van der Waals surface area contributed by atoms with E-state index in [0.29, 0.717) is 0 Å². The summed E-state index contributed by atoms with van der Waals surface area (Å²) in [5.74, 6) is -1.21. The van der Waals surface area contributed by atoms with Crippen LogP contribution >= 0.6 is 45.2 Å². The Balaban J connectivity index is 2.43. The van der Waals surface area contributed by atoms with Gasteiger partial charge in [0.05, 0.1) is 7.11 Å². The standard InChI is InChI=1S/C19H21I2NO3/c1-3-4-10-14-16(20)15(17(23)25-2)19(21,18(24)22-14)12-11-13-8-6-5-7-9-13/h5-9,11-12,15H,3-4,10H2,1-2H3,(H,22,24). The van der Waals surface area contributed by atoms with E-state index in [1.807, 2.05) is 36.4 Å². The minimum atomic E-state index is -1.02. The quantitative estimate of drug-likeness (QED) is 0.311. The zero-order valence-corrected chi connectivity index (χ0v) is 18.5. The number of benzene rings is 1. The number of ether oxygens (including phenoxy) is 1. The second-order valence-corrected chi connectivity index (χ2v) is 8.80. The van der Waals surface area contributed by atoms with E-state index in [4.69, 9.17) is 4.74 Å². The largest absolute Gasteiger partial charge is 0.468 e. The number of methoxy groups -OCH3 is 1. The zero-order valence-electron chi connectivity index (χ0n) is 14.2. The number of halogens is 2. The number of rotatable bonds is 6. The van der Waals surface area contributed by atoms with Crippen molar-refractivity contribution < 1.29 is 14.3 Å². The highest BCUT2D eigenvalue weighted by Gasteiger charge is 2.51. The van der Waals surface area contributed by atoms with Crippen LogP contribution in [0.3, 0.4) is 0 Å². The third-order valence-corrected chi connectivity index (χ3v) is 6.86. The van der Waals surface area contributed by atoms with Crippen molar-refractivity contribution in [1.29, 1.82) is 0 Å². The molecule has 2 atom stereocenters. The first-order valence-electron chi connectivity index (χ1n) is 8.15. The molecule has 0 aliphatic carbocycles. The van der Waals surface area contributed by atoms with E-state index in [1.165, 1.54) is 7.11 Å². The topological polar surface area (TPSA) is 55.4 Å². The molecule has 1 heterocycles. The smallest absolute Gasteiger partial charge is 0.315 e. The molecule has 2 rings (SSSR count). The summed E-state index contributed by atoms with van der Waals surface area (Å²) in [7, 11) is 1.36. The van der Waals surface area contributed by atoms with Crippen molar-refractivity contribution >= 4 is 63.1 Å². The molecule has 0 saturated carbocycles. The molecule has 1 aromatic rings. The molecule has 1 aliphatic rings. The van der Waals surface area contributed by atoms with Gasteiger partial charge in [-0.3, -0.25) is 9.59 Å². The van der Waals surface area contributed by atoms with Crippen LogP contribution < -0.4 is 5.32 Å². The van der Waals surface area contributed by atoms with Crippen molar-refractivity contribution in [2.45, 2.75) is 29.6 Å². The summed E-state index contributed by atoms with van der Waals surface area (Å²) in [6.45, 7) is 2.10. The molecular weight excluding hydrogens is 544 g/mol. The SMILES string of the molecule is CCCCC1=C(I)C(C(=O)OC)C(I)(C=Cc2ccccc2)C(=O)N1. The molecule has 134 valence electrons. The fourth-order valence-corrected chi connectivity index (χ4v) is 5.29. The van der Waals surface area contributed by atoms with Crippen molar-refractivity contribution in [3.8, 4) is 0 Å². The van der Waals surface area contributed by atoms with Gasteiger partial charge >= 0.3 is 5.97 Å². The number of carbonyl (C=O) groups is 2. The third-order valence-electron chi connectivity index (χ3n) is 4.11. The van der Waals surface area contributed by atoms with Gasteiger partial charge in [0.25, 0.3) is 0 Å². The van der Waals surface area contributed by atoms with Crippen LogP contribution in [0.4, 0.5) is 0 Å². The molecule has 6 heteroatoms. The predicted molar refractivity (Wildman–Crippen MR) is 116 cm³/mol. The number of hydrogen-bond acceptors (Lipinski definition) is 3. The number of hydrogen-bond donors (Lipinski definition) is 1. The molecule has 0 radical (unpaired) electrons. The lowest BCUT2D eigenvalue weighted by Crippen LogP contribution is -2.53. The Morgan fingerprint density at radius 1 is 1.36 bits per heavy atom. The first kappa shape index (κ1) is 20.4. The van der Waals surface area contributed by atoms with Gasteiger partial charge in [0.2, 0.25) is 5.91 Å². The maximum Gasteiger partial charge on any atom is 0.315 e. The van der Waals surface area contributed by atoms with E-state index < -0.39 is 9.34 Å². The zero-order chi connectivity index (χ0) is 18.4. The number of nitrogens with one attached hydrogen (secondary N) is 1. The van der Waals surface area contributed by atoms with Gasteiger partial charge in [0.1, 0.15) is 9.34 Å². The average Bonchev–Trinajstić information content (AvgIpc) is 2.63. The molecule has 2 unspecified atom stereocenters. The Morgan fingerprint density at radius 2 is 2.04 bits per heavy atom. The van der Waals surface area contributed by atoms with Crippen molar-refractivity contribution in [2.24, 2.45) is 5.92 Å². The highest BCUT2D eigenvalue weighted by Crippen LogP contribution is 2.44. The Hall–Kier alpha value is -0.900. The summed E-state index contributed by atoms with van der Waals surface area (Å²) in [6, 6.07) is 9.72. The minimum absolute atomic E-state index is 0.179. The molecule has 1 aliphatic heterocycles. The van der Waals surface area contributed by atoms with Crippen LogP contribution in [-0.4, -0.2) is 22.4 Å². The van der Waals surface area contributed by atoms with Gasteiger partial charge < -0.3 is 10.1 Å². The minimum Gasteiger partial charge on any atom is -0.468 e. The lowest BCUT2D eigenvalue weighted by Gasteiger charge is -2.36. The van der Waals surface area contributed by atoms with E-state index >= 15 is 0 Å². The molecule has 4 nitrogen and oxygen atoms in total. The van der Waals surface area contributed by atoms with Crippen LogP contribution in [0.25, 0.3) is 6.08 Å². The van der Waals surface area contributed by atoms with Crippen LogP contribution in [0.15, 0.2) is 45.7 Å². The highest BCUT2D eigenvalue weighted by molar-refractivity contribution is 14.1. The molecule has 1 amide bonds. The summed E-state index contributed by atoms with van der Waals surface area (Å²) < 4.78 is 4.84. The number of carbonyl (C=O) groups excluding carboxylic acids is 2. The van der Waals surface area contributed by atoms with Gasteiger partial charge in [-0.1, -0.05) is 78.4 Å². The van der Waals surface area contributed by atoms with E-state index in [0.717, 1.165) is 34.1 Å². The summed E-state index contributed by atoms with van der Waals surface area (Å²) in [4.78, 5) is 25.4. The molecular formula is C19H21I2NO3. The lowest BCUT2D eigenvalue weighted by atomic mass is 9.86. The van der Waals surface area contributed by atoms with E-state index in [9.17, 15) is 9.59 Å². The molecule has 0 spiro atoms. The Labute approximate surface area is 175 Å². The fourth-order valence-electron chi connectivity index (χ4n) is 2.66. The second-order valence-electron chi connectivity index (χ2n) is 5.85. The molecule has 25 heavy (non-hydrogen) atoms. The number of unbranched alkanes of at least 4 members (excludes halogenated alkanes) is 1. The molecule has 0 bridgehead atoms. The lowest BCUT2D eigenvalue weighted by molar-refractivity contribution is -0.146.